The molecule has 0 aliphatic heterocycles. The summed E-state index contributed by atoms with van der Waals surface area (Å²) in [6, 6.07) is 12.5. The van der Waals surface area contributed by atoms with Crippen LogP contribution in [-0.4, -0.2) is 23.9 Å². The molecule has 4 rings (SSSR count). The number of imidazole rings is 1. The van der Waals surface area contributed by atoms with E-state index >= 15 is 0 Å². The van der Waals surface area contributed by atoms with E-state index in [1.54, 1.807) is 29.3 Å². The second-order valence-electron chi connectivity index (χ2n) is 9.19. The lowest BCUT2D eigenvalue weighted by atomic mass is 10.1. The Morgan fingerprint density at radius 2 is 1.94 bits per heavy atom. The number of allylic oxidation sites excluding steroid dienone is 1. The Balaban J connectivity index is 1.64. The van der Waals surface area contributed by atoms with Crippen molar-refractivity contribution in [3.05, 3.63) is 89.0 Å². The average molecular weight is 493 g/mol. The van der Waals surface area contributed by atoms with E-state index in [-0.39, 0.29) is 16.8 Å². The predicted molar refractivity (Wildman–Crippen MR) is 137 cm³/mol. The number of carbonyl (C=O) groups excluding carboxylic acids is 1. The molecule has 1 N–H and O–H groups in total. The molecular weight excluding hydrogens is 460 g/mol. The van der Waals surface area contributed by atoms with Gasteiger partial charge in [-0.15, -0.1) is 0 Å². The number of hydrogen-bond donors (Lipinski definition) is 1. The third-order valence-electron chi connectivity index (χ3n) is 6.36. The second kappa shape index (κ2) is 10.2. The van der Waals surface area contributed by atoms with Crippen molar-refractivity contribution in [1.82, 2.24) is 14.3 Å². The molecule has 0 saturated carbocycles. The predicted octanol–water partition coefficient (Wildman–Crippen LogP) is 4.45. The fourth-order valence-corrected chi connectivity index (χ4v) is 5.60. The van der Waals surface area contributed by atoms with Crippen molar-refractivity contribution >= 4 is 21.6 Å². The standard InChI is InChI=1S/C27H32N4O3S/c1-5-20-6-11-23(12-7-20)35(33,34)29-25-13-9-21-8-10-22(17-24(21)25)31(27(32)16-19(2)3)18-26-28-14-15-30(26)4/h6-8,10-12,14-17,25,29H,5,9,13,18H2,1-4H3. The summed E-state index contributed by atoms with van der Waals surface area (Å²) in [5, 5.41) is 0. The van der Waals surface area contributed by atoms with Gasteiger partial charge in [-0.2, -0.15) is 0 Å². The highest BCUT2D eigenvalue weighted by atomic mass is 32.2. The van der Waals surface area contributed by atoms with Crippen LogP contribution in [0.1, 0.15) is 55.7 Å². The van der Waals surface area contributed by atoms with Crippen molar-refractivity contribution in [1.29, 1.82) is 0 Å². The van der Waals surface area contributed by atoms with E-state index in [0.29, 0.717) is 18.7 Å². The highest BCUT2D eigenvalue weighted by Crippen LogP contribution is 2.35. The number of hydrogen-bond acceptors (Lipinski definition) is 4. The number of benzene rings is 2. The third kappa shape index (κ3) is 5.55. The monoisotopic (exact) mass is 492 g/mol. The van der Waals surface area contributed by atoms with Crippen molar-refractivity contribution in [2.75, 3.05) is 4.90 Å². The average Bonchev–Trinajstić information content (AvgIpc) is 3.41. The Morgan fingerprint density at radius 1 is 1.20 bits per heavy atom. The van der Waals surface area contributed by atoms with Gasteiger partial charge in [0.2, 0.25) is 10.0 Å². The minimum absolute atomic E-state index is 0.140. The number of fused-ring (bicyclic) bond motifs is 1. The van der Waals surface area contributed by atoms with Crippen molar-refractivity contribution in [3.63, 3.8) is 0 Å². The van der Waals surface area contributed by atoms with E-state index in [1.165, 1.54) is 0 Å². The summed E-state index contributed by atoms with van der Waals surface area (Å²) >= 11 is 0. The van der Waals surface area contributed by atoms with Gasteiger partial charge in [-0.25, -0.2) is 18.1 Å². The number of aromatic nitrogens is 2. The van der Waals surface area contributed by atoms with E-state index in [2.05, 4.69) is 9.71 Å². The van der Waals surface area contributed by atoms with Crippen LogP contribution in [0.3, 0.4) is 0 Å². The normalized spacial score (nSPS) is 15.0. The Morgan fingerprint density at radius 3 is 2.57 bits per heavy atom. The number of aryl methyl sites for hydroxylation is 3. The van der Waals surface area contributed by atoms with Crippen LogP contribution in [0.5, 0.6) is 0 Å². The lowest BCUT2D eigenvalue weighted by Gasteiger charge is -2.23. The van der Waals surface area contributed by atoms with Gasteiger partial charge in [0, 0.05) is 37.2 Å². The molecule has 1 amide bonds. The summed E-state index contributed by atoms with van der Waals surface area (Å²) in [7, 11) is -1.78. The highest BCUT2D eigenvalue weighted by Gasteiger charge is 2.29. The molecule has 35 heavy (non-hydrogen) atoms. The molecule has 8 heteroatoms. The van der Waals surface area contributed by atoms with Gasteiger partial charge >= 0.3 is 0 Å². The van der Waals surface area contributed by atoms with Crippen LogP contribution in [0, 0.1) is 0 Å². The number of nitrogens with one attached hydrogen (secondary N) is 1. The van der Waals surface area contributed by atoms with Gasteiger partial charge in [0.05, 0.1) is 11.4 Å². The molecule has 0 fully saturated rings. The lowest BCUT2D eigenvalue weighted by Crippen LogP contribution is -2.31. The zero-order valence-electron chi connectivity index (χ0n) is 20.7. The van der Waals surface area contributed by atoms with Crippen LogP contribution in [0.25, 0.3) is 0 Å². The van der Waals surface area contributed by atoms with Crippen LogP contribution in [0.15, 0.2) is 71.4 Å². The SMILES string of the molecule is CCc1ccc(S(=O)(=O)NC2CCc3ccc(N(Cc4nccn4C)C(=O)C=C(C)C)cc32)cc1. The van der Waals surface area contributed by atoms with Crippen LogP contribution in [0.2, 0.25) is 0 Å². The van der Waals surface area contributed by atoms with E-state index in [9.17, 15) is 13.2 Å². The van der Waals surface area contributed by atoms with Gasteiger partial charge in [0.15, 0.2) is 0 Å². The van der Waals surface area contributed by atoms with E-state index in [1.807, 2.05) is 68.9 Å². The Bertz CT molecular complexity index is 1350. The molecule has 1 unspecified atom stereocenters. The molecule has 1 aliphatic rings. The molecular formula is C27H32N4O3S. The van der Waals surface area contributed by atoms with E-state index in [4.69, 9.17) is 0 Å². The first-order chi connectivity index (χ1) is 16.7. The molecule has 1 aliphatic carbocycles. The molecule has 0 radical (unpaired) electrons. The quantitative estimate of drug-likeness (QED) is 0.471. The maximum absolute atomic E-state index is 13.1. The number of rotatable bonds is 8. The first-order valence-corrected chi connectivity index (χ1v) is 13.3. The van der Waals surface area contributed by atoms with Crippen molar-refractivity contribution < 1.29 is 13.2 Å². The largest absolute Gasteiger partial charge is 0.337 e. The molecule has 3 aromatic rings. The molecule has 0 saturated heterocycles. The van der Waals surface area contributed by atoms with Crippen LogP contribution in [0.4, 0.5) is 5.69 Å². The number of anilines is 1. The number of nitrogens with zero attached hydrogens (tertiary/aromatic N) is 3. The molecule has 1 atom stereocenters. The number of amides is 1. The van der Waals surface area contributed by atoms with Crippen molar-refractivity contribution in [2.45, 2.75) is 57.5 Å². The van der Waals surface area contributed by atoms with Crippen molar-refractivity contribution in [2.24, 2.45) is 7.05 Å². The van der Waals surface area contributed by atoms with Gasteiger partial charge in [-0.05, 0) is 74.1 Å². The smallest absolute Gasteiger partial charge is 0.251 e. The fraction of sp³-hybridized carbons (Fsp3) is 0.333. The Labute approximate surface area is 207 Å². The van der Waals surface area contributed by atoms with Crippen LogP contribution >= 0.6 is 0 Å². The summed E-state index contributed by atoms with van der Waals surface area (Å²) in [6.07, 6.45) is 7.47. The highest BCUT2D eigenvalue weighted by molar-refractivity contribution is 7.89. The fourth-order valence-electron chi connectivity index (χ4n) is 4.35. The summed E-state index contributed by atoms with van der Waals surface area (Å²) in [5.41, 5.74) is 4.71. The lowest BCUT2D eigenvalue weighted by molar-refractivity contribution is -0.114. The summed E-state index contributed by atoms with van der Waals surface area (Å²) < 4.78 is 31.0. The van der Waals surface area contributed by atoms with Gasteiger partial charge in [0.1, 0.15) is 5.82 Å². The summed E-state index contributed by atoms with van der Waals surface area (Å²) in [5.74, 6) is 0.618. The molecule has 7 nitrogen and oxygen atoms in total. The van der Waals surface area contributed by atoms with Crippen LogP contribution < -0.4 is 9.62 Å². The van der Waals surface area contributed by atoms with E-state index < -0.39 is 10.0 Å². The maximum Gasteiger partial charge on any atom is 0.251 e. The minimum atomic E-state index is -3.68. The number of sulfonamides is 1. The molecule has 2 aromatic carbocycles. The topological polar surface area (TPSA) is 84.3 Å². The molecule has 1 aromatic heterocycles. The molecule has 0 spiro atoms. The second-order valence-corrected chi connectivity index (χ2v) is 10.9. The number of carbonyl (C=O) groups is 1. The van der Waals surface area contributed by atoms with Gasteiger partial charge in [0.25, 0.3) is 5.91 Å². The van der Waals surface area contributed by atoms with Gasteiger partial charge in [-0.3, -0.25) is 4.79 Å². The molecule has 184 valence electrons. The Hall–Kier alpha value is -3.23. The summed E-state index contributed by atoms with van der Waals surface area (Å²) in [4.78, 5) is 19.5. The minimum Gasteiger partial charge on any atom is -0.337 e. The van der Waals surface area contributed by atoms with Crippen LogP contribution in [-0.2, 0) is 41.3 Å². The first-order valence-electron chi connectivity index (χ1n) is 11.8. The Kier molecular flexibility index (Phi) is 7.23. The van der Waals surface area contributed by atoms with Gasteiger partial charge < -0.3 is 9.47 Å². The third-order valence-corrected chi connectivity index (χ3v) is 7.84. The zero-order chi connectivity index (χ0) is 25.2. The van der Waals surface area contributed by atoms with Crippen molar-refractivity contribution in [3.8, 4) is 0 Å². The van der Waals surface area contributed by atoms with Gasteiger partial charge in [-0.1, -0.05) is 30.7 Å². The summed E-state index contributed by atoms with van der Waals surface area (Å²) in [6.45, 7) is 6.12. The molecule has 1 heterocycles. The molecule has 0 bridgehead atoms. The maximum atomic E-state index is 13.1. The zero-order valence-corrected chi connectivity index (χ0v) is 21.5. The van der Waals surface area contributed by atoms with E-state index in [0.717, 1.165) is 40.9 Å². The first kappa shape index (κ1) is 24.9.